The van der Waals surface area contributed by atoms with Gasteiger partial charge in [-0.1, -0.05) is 149 Å². The van der Waals surface area contributed by atoms with Crippen LogP contribution in [0.1, 0.15) is 106 Å². The van der Waals surface area contributed by atoms with Gasteiger partial charge in [-0.15, -0.1) is 11.3 Å². The fraction of sp³-hybridized carbons (Fsp3) is 0.333. The third-order valence-electron chi connectivity index (χ3n) is 13.7. The van der Waals surface area contributed by atoms with Crippen LogP contribution in [0.5, 0.6) is 5.75 Å². The summed E-state index contributed by atoms with van der Waals surface area (Å²) < 4.78 is 9.78. The van der Waals surface area contributed by atoms with E-state index in [1.54, 1.807) is 0 Å². The first-order valence-electron chi connectivity index (χ1n) is 21.6. The first kappa shape index (κ1) is 38.2. The van der Waals surface area contributed by atoms with Crippen molar-refractivity contribution in [3.8, 4) is 5.75 Å². The highest BCUT2D eigenvalue weighted by Crippen LogP contribution is 2.57. The predicted molar refractivity (Wildman–Crippen MR) is 255 cm³/mol. The van der Waals surface area contributed by atoms with E-state index in [1.807, 2.05) is 11.3 Å². The lowest BCUT2D eigenvalue weighted by Crippen LogP contribution is -2.57. The molecule has 0 saturated carbocycles. The number of allylic oxidation sites excluding steroid dienone is 9. The molecule has 5 aliphatic rings. The van der Waals surface area contributed by atoms with E-state index in [-0.39, 0.29) is 34.2 Å². The van der Waals surface area contributed by atoms with Crippen molar-refractivity contribution in [1.29, 1.82) is 0 Å². The highest BCUT2D eigenvalue weighted by atomic mass is 32.1. The van der Waals surface area contributed by atoms with Crippen LogP contribution in [0.3, 0.4) is 0 Å². The van der Waals surface area contributed by atoms with Crippen LogP contribution in [0.25, 0.3) is 10.1 Å². The van der Waals surface area contributed by atoms with Crippen LogP contribution >= 0.6 is 11.3 Å². The summed E-state index contributed by atoms with van der Waals surface area (Å²) in [6.07, 6.45) is 15.8. The molecule has 1 aromatic heterocycles. The Morgan fingerprint density at radius 2 is 1.31 bits per heavy atom. The zero-order valence-electron chi connectivity index (χ0n) is 36.7. The topological polar surface area (TPSA) is 15.7 Å². The van der Waals surface area contributed by atoms with E-state index in [1.165, 1.54) is 82.3 Å². The van der Waals surface area contributed by atoms with Gasteiger partial charge in [0.15, 0.2) is 0 Å². The lowest BCUT2D eigenvalue weighted by molar-refractivity contribution is 0.393. The fourth-order valence-electron chi connectivity index (χ4n) is 10.3. The normalized spacial score (nSPS) is 19.3. The first-order valence-corrected chi connectivity index (χ1v) is 22.5. The average Bonchev–Trinajstić information content (AvgIpc) is 3.39. The number of ether oxygens (including phenoxy) is 1. The Morgan fingerprint density at radius 3 is 1.93 bits per heavy atom. The Morgan fingerprint density at radius 1 is 0.695 bits per heavy atom. The number of hydrogen-bond donors (Lipinski definition) is 0. The number of rotatable bonds is 2. The Kier molecular flexibility index (Phi) is 8.42. The lowest BCUT2D eigenvalue weighted by atomic mass is 9.31. The van der Waals surface area contributed by atoms with Crippen molar-refractivity contribution in [1.82, 2.24) is 0 Å². The lowest BCUT2D eigenvalue weighted by Gasteiger charge is -2.48. The molecule has 4 aromatic carbocycles. The molecule has 1 atom stereocenters. The molecular weight excluding hydrogens is 735 g/mol. The van der Waals surface area contributed by atoms with Gasteiger partial charge in [-0.2, -0.15) is 0 Å². The summed E-state index contributed by atoms with van der Waals surface area (Å²) in [5.74, 6) is 2.24. The van der Waals surface area contributed by atoms with E-state index in [0.717, 1.165) is 24.4 Å². The van der Waals surface area contributed by atoms with Crippen LogP contribution in [-0.2, 0) is 16.2 Å². The second kappa shape index (κ2) is 13.0. The molecule has 5 heteroatoms. The number of nitrogens with zero attached hydrogens (tertiary/aromatic N) is 2. The van der Waals surface area contributed by atoms with Crippen LogP contribution in [0.2, 0.25) is 5.82 Å². The highest BCUT2D eigenvalue weighted by molar-refractivity contribution is 7.32. The number of benzene rings is 4. The van der Waals surface area contributed by atoms with Gasteiger partial charge in [0.05, 0.1) is 10.4 Å². The largest absolute Gasteiger partial charge is 0.455 e. The van der Waals surface area contributed by atoms with Gasteiger partial charge in [-0.25, -0.2) is 0 Å². The SMILES string of the molecule is CC(C)(C)C1=CC=C2C(C1)B1c3sc4c5c(ccc4c3N(c3ccc(C(C)(C)C)cc3)c3cccc(c31)N2c1ccc(C(C)(C)C)cc1)C(C)(C)C1=C(C=CCC=C1)O5. The summed E-state index contributed by atoms with van der Waals surface area (Å²) in [6.45, 7) is 25.8. The van der Waals surface area contributed by atoms with Crippen molar-refractivity contribution in [2.24, 2.45) is 5.41 Å². The third kappa shape index (κ3) is 5.89. The van der Waals surface area contributed by atoms with Gasteiger partial charge < -0.3 is 14.5 Å². The summed E-state index contributed by atoms with van der Waals surface area (Å²) in [6, 6.07) is 30.6. The zero-order valence-corrected chi connectivity index (χ0v) is 37.6. The van der Waals surface area contributed by atoms with Crippen molar-refractivity contribution in [2.45, 2.75) is 111 Å². The van der Waals surface area contributed by atoms with Gasteiger partial charge in [0.25, 0.3) is 0 Å². The quantitative estimate of drug-likeness (QED) is 0.166. The highest BCUT2D eigenvalue weighted by Gasteiger charge is 2.51. The molecule has 0 N–H and O–H groups in total. The number of hydrogen-bond acceptors (Lipinski definition) is 4. The van der Waals surface area contributed by atoms with Crippen molar-refractivity contribution in [3.05, 3.63) is 155 Å². The number of thiophene rings is 1. The molecule has 0 fully saturated rings. The molecule has 5 aromatic rings. The average molecular weight is 793 g/mol. The van der Waals surface area contributed by atoms with Crippen molar-refractivity contribution >= 4 is 66.8 Å². The molecule has 2 aliphatic carbocycles. The van der Waals surface area contributed by atoms with Gasteiger partial charge >= 0.3 is 0 Å². The molecule has 3 aliphatic heterocycles. The second-order valence-corrected chi connectivity index (χ2v) is 22.0. The van der Waals surface area contributed by atoms with E-state index < -0.39 is 0 Å². The van der Waals surface area contributed by atoms with Crippen LogP contribution in [-0.4, -0.2) is 6.71 Å². The smallest absolute Gasteiger partial charge is 0.239 e. The minimum atomic E-state index is -0.203. The Labute approximate surface area is 356 Å². The van der Waals surface area contributed by atoms with Crippen LogP contribution < -0.4 is 24.8 Å². The summed E-state index contributed by atoms with van der Waals surface area (Å²) in [5, 5.41) is 1.26. The number of fused-ring (bicyclic) bond motifs is 8. The molecule has 3 nitrogen and oxygen atoms in total. The van der Waals surface area contributed by atoms with Gasteiger partial charge in [0.1, 0.15) is 11.5 Å². The van der Waals surface area contributed by atoms with Crippen molar-refractivity contribution in [2.75, 3.05) is 9.80 Å². The number of anilines is 5. The molecule has 59 heavy (non-hydrogen) atoms. The molecule has 0 amide bonds. The summed E-state index contributed by atoms with van der Waals surface area (Å²) in [7, 11) is 0. The molecule has 1 unspecified atom stereocenters. The Hall–Kier alpha value is -5.00. The van der Waals surface area contributed by atoms with Gasteiger partial charge in [0.2, 0.25) is 6.71 Å². The summed E-state index contributed by atoms with van der Waals surface area (Å²) in [5.41, 5.74) is 15.7. The van der Waals surface area contributed by atoms with E-state index in [0.29, 0.717) is 0 Å². The standard InChI is InChI=1S/C54H57BN2OS/c1-51(2,3)33-20-25-36(26-21-33)56-42-31-24-35(53(7,8)9)32-41(42)55-46-43(56)17-15-18-44(46)57(37-27-22-34(23-28-37)52(4,5)6)47-38-29-30-40-48(49(38)59-50(47)55)58-45-19-14-12-13-16-39(45)54(40,10)11/h13-31,41H,12,32H2,1-11H3. The maximum Gasteiger partial charge on any atom is 0.239 e. The predicted octanol–water partition coefficient (Wildman–Crippen LogP) is 14.1. The minimum absolute atomic E-state index is 0.0566. The van der Waals surface area contributed by atoms with E-state index >= 15 is 0 Å². The van der Waals surface area contributed by atoms with Crippen LogP contribution in [0, 0.1) is 5.41 Å². The molecular formula is C54H57BN2OS. The molecule has 10 rings (SSSR count). The van der Waals surface area contributed by atoms with Crippen LogP contribution in [0.15, 0.2) is 138 Å². The van der Waals surface area contributed by atoms with E-state index in [4.69, 9.17) is 4.74 Å². The van der Waals surface area contributed by atoms with Gasteiger partial charge in [-0.3, -0.25) is 0 Å². The molecule has 0 radical (unpaired) electrons. The molecule has 0 saturated heterocycles. The van der Waals surface area contributed by atoms with E-state index in [2.05, 4.69) is 201 Å². The van der Waals surface area contributed by atoms with Gasteiger partial charge in [0, 0.05) is 55.2 Å². The van der Waals surface area contributed by atoms with Crippen molar-refractivity contribution < 1.29 is 4.74 Å². The van der Waals surface area contributed by atoms with Gasteiger partial charge in [-0.05, 0) is 100 Å². The molecule has 4 heterocycles. The molecule has 0 bridgehead atoms. The summed E-state index contributed by atoms with van der Waals surface area (Å²) >= 11 is 1.97. The zero-order chi connectivity index (χ0) is 41.4. The summed E-state index contributed by atoms with van der Waals surface area (Å²) in [4.78, 5) is 5.18. The third-order valence-corrected chi connectivity index (χ3v) is 15.0. The van der Waals surface area contributed by atoms with Crippen molar-refractivity contribution in [3.63, 3.8) is 0 Å². The first-order chi connectivity index (χ1) is 27.9. The van der Waals surface area contributed by atoms with Crippen LogP contribution in [0.4, 0.5) is 28.4 Å². The molecule has 298 valence electrons. The van der Waals surface area contributed by atoms with E-state index in [9.17, 15) is 0 Å². The Balaban J connectivity index is 1.26. The maximum atomic E-state index is 7.10. The second-order valence-electron chi connectivity index (χ2n) is 21.0. The Bertz CT molecular complexity index is 2720. The monoisotopic (exact) mass is 792 g/mol. The minimum Gasteiger partial charge on any atom is -0.455 e. The fourth-order valence-corrected chi connectivity index (χ4v) is 11.7. The molecule has 0 spiro atoms. The maximum absolute atomic E-state index is 7.10.